The molecule has 0 bridgehead atoms. The van der Waals surface area contributed by atoms with Gasteiger partial charge in [-0.15, -0.1) is 0 Å². The summed E-state index contributed by atoms with van der Waals surface area (Å²) in [6.45, 7) is 4.54. The van der Waals surface area contributed by atoms with E-state index in [1.54, 1.807) is 6.07 Å². The molecule has 0 aromatic heterocycles. The molecule has 1 N–H and O–H groups in total. The summed E-state index contributed by atoms with van der Waals surface area (Å²) in [5.74, 6) is 0.423. The number of piperidine rings is 1. The number of amides is 1. The van der Waals surface area contributed by atoms with Gasteiger partial charge in [0.25, 0.3) is 0 Å². The van der Waals surface area contributed by atoms with Crippen LogP contribution in [0.25, 0.3) is 0 Å². The Morgan fingerprint density at radius 2 is 2.00 bits per heavy atom. The molecule has 1 saturated heterocycles. The molecule has 1 amide bonds. The van der Waals surface area contributed by atoms with Crippen LogP contribution < -0.4 is 14.8 Å². The Labute approximate surface area is 155 Å². The van der Waals surface area contributed by atoms with E-state index < -0.39 is 10.0 Å². The van der Waals surface area contributed by atoms with Crippen LogP contribution in [0.1, 0.15) is 33.1 Å². The van der Waals surface area contributed by atoms with Gasteiger partial charge in [0.05, 0.1) is 25.0 Å². The quantitative estimate of drug-likeness (QED) is 0.777. The van der Waals surface area contributed by atoms with Gasteiger partial charge in [0.2, 0.25) is 15.9 Å². The van der Waals surface area contributed by atoms with E-state index in [2.05, 4.69) is 5.32 Å². The third-order valence-corrected chi connectivity index (χ3v) is 6.61. The van der Waals surface area contributed by atoms with E-state index in [0.29, 0.717) is 30.9 Å². The first kappa shape index (κ1) is 20.5. The van der Waals surface area contributed by atoms with Crippen LogP contribution in [0.15, 0.2) is 23.1 Å². The summed E-state index contributed by atoms with van der Waals surface area (Å²) in [5.41, 5.74) is 0. The third kappa shape index (κ3) is 4.48. The van der Waals surface area contributed by atoms with Crippen molar-refractivity contribution in [2.24, 2.45) is 5.92 Å². The van der Waals surface area contributed by atoms with Crippen LogP contribution in [-0.2, 0) is 14.8 Å². The fraction of sp³-hybridized carbons (Fsp3) is 0.611. The standard InChI is InChI=1S/C18H28N2O5S/c1-5-13(2)19-18(21)14-7-6-10-20(12-14)26(22,23)15-8-9-16(24-3)17(11-15)25-4/h8-9,11,13-14H,5-7,10,12H2,1-4H3,(H,19,21)/t13-,14+/m1/s1. The molecule has 2 rings (SSSR count). The van der Waals surface area contributed by atoms with Crippen molar-refractivity contribution in [1.82, 2.24) is 9.62 Å². The minimum absolute atomic E-state index is 0.0773. The van der Waals surface area contributed by atoms with E-state index >= 15 is 0 Å². The molecule has 0 unspecified atom stereocenters. The van der Waals surface area contributed by atoms with E-state index in [4.69, 9.17) is 9.47 Å². The Hall–Kier alpha value is -1.80. The van der Waals surface area contributed by atoms with Crippen LogP contribution >= 0.6 is 0 Å². The van der Waals surface area contributed by atoms with Gasteiger partial charge in [-0.05, 0) is 38.3 Å². The molecule has 26 heavy (non-hydrogen) atoms. The van der Waals surface area contributed by atoms with Crippen LogP contribution in [0.5, 0.6) is 11.5 Å². The van der Waals surface area contributed by atoms with E-state index in [0.717, 1.165) is 6.42 Å². The van der Waals surface area contributed by atoms with Crippen molar-refractivity contribution in [3.8, 4) is 11.5 Å². The zero-order chi connectivity index (χ0) is 19.3. The number of benzene rings is 1. The van der Waals surface area contributed by atoms with Crippen LogP contribution in [0.4, 0.5) is 0 Å². The molecule has 7 nitrogen and oxygen atoms in total. The first-order valence-electron chi connectivity index (χ1n) is 8.86. The van der Waals surface area contributed by atoms with Crippen molar-refractivity contribution in [3.05, 3.63) is 18.2 Å². The number of hydrogen-bond acceptors (Lipinski definition) is 5. The van der Waals surface area contributed by atoms with Gasteiger partial charge in [0.1, 0.15) is 0 Å². The SMILES string of the molecule is CC[C@@H](C)NC(=O)[C@H]1CCCN(S(=O)(=O)c2ccc(OC)c(OC)c2)C1. The molecule has 1 aromatic carbocycles. The molecule has 0 spiro atoms. The van der Waals surface area contributed by atoms with Gasteiger partial charge in [0.15, 0.2) is 11.5 Å². The summed E-state index contributed by atoms with van der Waals surface area (Å²) in [7, 11) is -0.742. The van der Waals surface area contributed by atoms with Gasteiger partial charge in [-0.1, -0.05) is 6.92 Å². The highest BCUT2D eigenvalue weighted by Crippen LogP contribution is 2.32. The van der Waals surface area contributed by atoms with Crippen LogP contribution in [-0.4, -0.2) is 52.0 Å². The summed E-state index contributed by atoms with van der Waals surface area (Å²) in [6, 6.07) is 4.61. The molecule has 1 fully saturated rings. The molecule has 146 valence electrons. The Bertz CT molecular complexity index is 735. The van der Waals surface area contributed by atoms with E-state index in [1.165, 1.54) is 30.7 Å². The van der Waals surface area contributed by atoms with Gasteiger partial charge in [-0.2, -0.15) is 4.31 Å². The van der Waals surface area contributed by atoms with Gasteiger partial charge >= 0.3 is 0 Å². The van der Waals surface area contributed by atoms with Crippen LogP contribution in [0.2, 0.25) is 0 Å². The van der Waals surface area contributed by atoms with Gasteiger partial charge in [0, 0.05) is 25.2 Å². The maximum absolute atomic E-state index is 13.0. The number of nitrogens with zero attached hydrogens (tertiary/aromatic N) is 1. The topological polar surface area (TPSA) is 84.9 Å². The molecule has 1 heterocycles. The van der Waals surface area contributed by atoms with E-state index in [9.17, 15) is 13.2 Å². The van der Waals surface area contributed by atoms with Crippen LogP contribution in [0.3, 0.4) is 0 Å². The second-order valence-electron chi connectivity index (χ2n) is 6.54. The fourth-order valence-electron chi connectivity index (χ4n) is 2.96. The predicted molar refractivity (Wildman–Crippen MR) is 98.9 cm³/mol. The average Bonchev–Trinajstić information content (AvgIpc) is 2.67. The van der Waals surface area contributed by atoms with Gasteiger partial charge < -0.3 is 14.8 Å². The highest BCUT2D eigenvalue weighted by molar-refractivity contribution is 7.89. The summed E-state index contributed by atoms with van der Waals surface area (Å²) in [5, 5.41) is 2.95. The number of carbonyl (C=O) groups is 1. The zero-order valence-corrected chi connectivity index (χ0v) is 16.6. The number of carbonyl (C=O) groups excluding carboxylic acids is 1. The molecular weight excluding hydrogens is 356 g/mol. The highest BCUT2D eigenvalue weighted by atomic mass is 32.2. The largest absolute Gasteiger partial charge is 0.493 e. The third-order valence-electron chi connectivity index (χ3n) is 4.75. The second kappa shape index (κ2) is 8.73. The lowest BCUT2D eigenvalue weighted by Gasteiger charge is -2.32. The molecule has 1 aromatic rings. The maximum Gasteiger partial charge on any atom is 0.243 e. The number of hydrogen-bond donors (Lipinski definition) is 1. The molecule has 0 aliphatic carbocycles. The molecule has 8 heteroatoms. The lowest BCUT2D eigenvalue weighted by molar-refractivity contribution is -0.126. The molecule has 0 saturated carbocycles. The molecule has 0 radical (unpaired) electrons. The van der Waals surface area contributed by atoms with Crippen molar-refractivity contribution >= 4 is 15.9 Å². The Morgan fingerprint density at radius 1 is 1.31 bits per heavy atom. The molecule has 2 atom stereocenters. The Balaban J connectivity index is 2.19. The van der Waals surface area contributed by atoms with Crippen molar-refractivity contribution in [1.29, 1.82) is 0 Å². The summed E-state index contributed by atoms with van der Waals surface area (Å²) >= 11 is 0. The van der Waals surface area contributed by atoms with Crippen molar-refractivity contribution in [3.63, 3.8) is 0 Å². The van der Waals surface area contributed by atoms with Crippen molar-refractivity contribution < 1.29 is 22.7 Å². The predicted octanol–water partition coefficient (Wildman–Crippen LogP) is 2.02. The van der Waals surface area contributed by atoms with Crippen LogP contribution in [0, 0.1) is 5.92 Å². The maximum atomic E-state index is 13.0. The first-order valence-corrected chi connectivity index (χ1v) is 10.3. The number of nitrogens with one attached hydrogen (secondary N) is 1. The second-order valence-corrected chi connectivity index (χ2v) is 8.47. The minimum atomic E-state index is -3.70. The van der Waals surface area contributed by atoms with E-state index in [-0.39, 0.29) is 29.3 Å². The average molecular weight is 384 g/mol. The normalized spacial score (nSPS) is 19.6. The summed E-state index contributed by atoms with van der Waals surface area (Å²) in [4.78, 5) is 12.5. The zero-order valence-electron chi connectivity index (χ0n) is 15.8. The molecule has 1 aliphatic rings. The number of sulfonamides is 1. The minimum Gasteiger partial charge on any atom is -0.493 e. The van der Waals surface area contributed by atoms with Crippen molar-refractivity contribution in [2.75, 3.05) is 27.3 Å². The summed E-state index contributed by atoms with van der Waals surface area (Å²) in [6.07, 6.45) is 2.19. The van der Waals surface area contributed by atoms with Gasteiger partial charge in [-0.3, -0.25) is 4.79 Å². The monoisotopic (exact) mass is 384 g/mol. The smallest absolute Gasteiger partial charge is 0.243 e. The highest BCUT2D eigenvalue weighted by Gasteiger charge is 2.34. The lowest BCUT2D eigenvalue weighted by atomic mass is 9.98. The Morgan fingerprint density at radius 3 is 2.62 bits per heavy atom. The fourth-order valence-corrected chi connectivity index (χ4v) is 4.50. The Kier molecular flexibility index (Phi) is 6.88. The van der Waals surface area contributed by atoms with Crippen molar-refractivity contribution in [2.45, 2.75) is 44.0 Å². The lowest BCUT2D eigenvalue weighted by Crippen LogP contribution is -2.46. The number of methoxy groups -OCH3 is 2. The first-order chi connectivity index (χ1) is 12.3. The molecule has 1 aliphatic heterocycles. The summed E-state index contributed by atoms with van der Waals surface area (Å²) < 4.78 is 37.7. The van der Waals surface area contributed by atoms with E-state index in [1.807, 2.05) is 13.8 Å². The van der Waals surface area contributed by atoms with Gasteiger partial charge in [-0.25, -0.2) is 8.42 Å². The number of rotatable bonds is 7. The molecular formula is C18H28N2O5S. The number of ether oxygens (including phenoxy) is 2.